The molecule has 0 atom stereocenters. The van der Waals surface area contributed by atoms with Gasteiger partial charge in [-0.2, -0.15) is 26.3 Å². The third kappa shape index (κ3) is 6.54. The number of alkyl halides is 6. The van der Waals surface area contributed by atoms with Crippen molar-refractivity contribution in [2.24, 2.45) is 4.99 Å². The number of halogens is 6. The van der Waals surface area contributed by atoms with E-state index in [0.29, 0.717) is 17.5 Å². The zero-order valence-electron chi connectivity index (χ0n) is 15.8. The third-order valence-corrected chi connectivity index (χ3v) is 4.53. The molecule has 0 aromatic carbocycles. The SMILES string of the molecule is C=C/C(C)=C(\C=C(/C)C(F)(F)F)N=C(C)c1ncc(C(F)(F)F)cc1SCC. The summed E-state index contributed by atoms with van der Waals surface area (Å²) in [5, 5.41) is 0. The average molecular weight is 422 g/mol. The number of rotatable bonds is 6. The van der Waals surface area contributed by atoms with Crippen LogP contribution in [0.15, 0.2) is 57.7 Å². The lowest BCUT2D eigenvalue weighted by Gasteiger charge is -2.13. The van der Waals surface area contributed by atoms with Gasteiger partial charge in [0.15, 0.2) is 0 Å². The van der Waals surface area contributed by atoms with E-state index in [1.165, 1.54) is 13.0 Å². The molecule has 0 radical (unpaired) electrons. The smallest absolute Gasteiger partial charge is 0.253 e. The van der Waals surface area contributed by atoms with E-state index in [0.717, 1.165) is 30.8 Å². The van der Waals surface area contributed by atoms with Crippen LogP contribution in [0.1, 0.15) is 39.0 Å². The number of aliphatic imine (C=N–C) groups is 1. The topological polar surface area (TPSA) is 25.2 Å². The van der Waals surface area contributed by atoms with Gasteiger partial charge in [0.1, 0.15) is 0 Å². The van der Waals surface area contributed by atoms with Crippen molar-refractivity contribution in [3.8, 4) is 0 Å². The molecule has 9 heteroatoms. The van der Waals surface area contributed by atoms with Crippen molar-refractivity contribution in [3.63, 3.8) is 0 Å². The minimum absolute atomic E-state index is 0.0106. The van der Waals surface area contributed by atoms with Crippen LogP contribution in [0.2, 0.25) is 0 Å². The van der Waals surface area contributed by atoms with Crippen molar-refractivity contribution in [2.45, 2.75) is 44.9 Å². The molecule has 2 nitrogen and oxygen atoms in total. The Morgan fingerprint density at radius 1 is 1.18 bits per heavy atom. The molecular formula is C19H20F6N2S. The number of hydrogen-bond donors (Lipinski definition) is 0. The fraction of sp³-hybridized carbons (Fsp3) is 0.368. The van der Waals surface area contributed by atoms with E-state index in [9.17, 15) is 26.3 Å². The number of aromatic nitrogens is 1. The summed E-state index contributed by atoms with van der Waals surface area (Å²) in [6, 6.07) is 0.968. The summed E-state index contributed by atoms with van der Waals surface area (Å²) in [4.78, 5) is 8.32. The van der Waals surface area contributed by atoms with E-state index >= 15 is 0 Å². The van der Waals surface area contributed by atoms with Gasteiger partial charge in [-0.25, -0.2) is 0 Å². The van der Waals surface area contributed by atoms with E-state index in [4.69, 9.17) is 0 Å². The highest BCUT2D eigenvalue weighted by Gasteiger charge is 2.32. The van der Waals surface area contributed by atoms with Crippen LogP contribution < -0.4 is 0 Å². The molecule has 0 bridgehead atoms. The van der Waals surface area contributed by atoms with Gasteiger partial charge in [0.25, 0.3) is 0 Å². The van der Waals surface area contributed by atoms with Gasteiger partial charge in [0.05, 0.1) is 22.7 Å². The van der Waals surface area contributed by atoms with Crippen LogP contribution in [-0.4, -0.2) is 22.6 Å². The highest BCUT2D eigenvalue weighted by Crippen LogP contribution is 2.33. The fourth-order valence-corrected chi connectivity index (χ4v) is 2.85. The fourth-order valence-electron chi connectivity index (χ4n) is 2.00. The summed E-state index contributed by atoms with van der Waals surface area (Å²) in [7, 11) is 0. The Balaban J connectivity index is 3.53. The molecule has 0 saturated heterocycles. The maximum Gasteiger partial charge on any atom is 0.417 e. The second-order valence-electron chi connectivity index (χ2n) is 5.80. The number of nitrogens with zero attached hydrogens (tertiary/aromatic N) is 2. The number of pyridine rings is 1. The summed E-state index contributed by atoms with van der Waals surface area (Å²) in [5.41, 5.74) is -0.968. The van der Waals surface area contributed by atoms with Crippen LogP contribution in [0.3, 0.4) is 0 Å². The lowest BCUT2D eigenvalue weighted by molar-refractivity contribution is -0.138. The van der Waals surface area contributed by atoms with Gasteiger partial charge in [-0.1, -0.05) is 19.6 Å². The molecule has 0 spiro atoms. The molecule has 1 aromatic rings. The maximum absolute atomic E-state index is 12.9. The van der Waals surface area contributed by atoms with Crippen LogP contribution in [0.25, 0.3) is 0 Å². The largest absolute Gasteiger partial charge is 0.417 e. The maximum atomic E-state index is 12.9. The standard InChI is InChI=1S/C19H20F6N2S/c1-6-11(3)15(8-12(4)18(20,21)22)27-13(5)17-16(28-7-2)9-14(10-26-17)19(23,24)25/h6,8-10H,1,7H2,2-5H3/b12-8+,15-11+,27-13?. The molecule has 0 amide bonds. The number of hydrogen-bond acceptors (Lipinski definition) is 3. The molecule has 1 rings (SSSR count). The molecule has 0 aliphatic carbocycles. The molecule has 1 heterocycles. The Morgan fingerprint density at radius 2 is 1.79 bits per heavy atom. The molecule has 28 heavy (non-hydrogen) atoms. The van der Waals surface area contributed by atoms with E-state index < -0.39 is 23.5 Å². The summed E-state index contributed by atoms with van der Waals surface area (Å²) in [6.45, 7) is 9.25. The van der Waals surface area contributed by atoms with Gasteiger partial charge in [-0.05, 0) is 44.2 Å². The Morgan fingerprint density at radius 3 is 2.25 bits per heavy atom. The Bertz CT molecular complexity index is 817. The minimum atomic E-state index is -4.54. The molecule has 0 saturated carbocycles. The van der Waals surface area contributed by atoms with Gasteiger partial charge in [-0.3, -0.25) is 9.98 Å². The van der Waals surface area contributed by atoms with Crippen LogP contribution in [-0.2, 0) is 6.18 Å². The van der Waals surface area contributed by atoms with E-state index in [1.807, 2.05) is 0 Å². The Labute approximate surface area is 164 Å². The molecule has 154 valence electrons. The minimum Gasteiger partial charge on any atom is -0.253 e. The van der Waals surface area contributed by atoms with Crippen LogP contribution in [0, 0.1) is 0 Å². The summed E-state index contributed by atoms with van der Waals surface area (Å²) < 4.78 is 77.4. The molecule has 0 N–H and O–H groups in total. The highest BCUT2D eigenvalue weighted by molar-refractivity contribution is 7.99. The van der Waals surface area contributed by atoms with Crippen molar-refractivity contribution < 1.29 is 26.3 Å². The third-order valence-electron chi connectivity index (χ3n) is 3.62. The summed E-state index contributed by atoms with van der Waals surface area (Å²) >= 11 is 1.14. The van der Waals surface area contributed by atoms with Crippen molar-refractivity contribution in [1.82, 2.24) is 4.98 Å². The number of allylic oxidation sites excluding steroid dienone is 4. The predicted octanol–water partition coefficient (Wildman–Crippen LogP) is 6.99. The first-order valence-corrected chi connectivity index (χ1v) is 9.14. The van der Waals surface area contributed by atoms with Crippen LogP contribution in [0.4, 0.5) is 26.3 Å². The molecule has 1 aromatic heterocycles. The first-order valence-electron chi connectivity index (χ1n) is 8.15. The van der Waals surface area contributed by atoms with Crippen molar-refractivity contribution >= 4 is 17.5 Å². The van der Waals surface area contributed by atoms with Gasteiger partial charge in [0.2, 0.25) is 0 Å². The van der Waals surface area contributed by atoms with E-state index in [2.05, 4.69) is 16.6 Å². The Hall–Kier alpha value is -2.03. The molecule has 0 fully saturated rings. The highest BCUT2D eigenvalue weighted by atomic mass is 32.2. The first kappa shape index (κ1) is 24.0. The summed E-state index contributed by atoms with van der Waals surface area (Å²) in [6.07, 6.45) is -6.15. The molecule has 0 aliphatic rings. The second-order valence-corrected chi connectivity index (χ2v) is 7.10. The van der Waals surface area contributed by atoms with Gasteiger partial charge >= 0.3 is 12.4 Å². The van der Waals surface area contributed by atoms with Crippen LogP contribution in [0.5, 0.6) is 0 Å². The average Bonchev–Trinajstić information content (AvgIpc) is 2.58. The zero-order chi connectivity index (χ0) is 21.7. The van der Waals surface area contributed by atoms with E-state index in [1.54, 1.807) is 13.8 Å². The lowest BCUT2D eigenvalue weighted by Crippen LogP contribution is -2.10. The first-order chi connectivity index (χ1) is 12.8. The van der Waals surface area contributed by atoms with Crippen molar-refractivity contribution in [2.75, 3.05) is 5.75 Å². The molecular weight excluding hydrogens is 402 g/mol. The van der Waals surface area contributed by atoms with Gasteiger partial charge < -0.3 is 0 Å². The van der Waals surface area contributed by atoms with Gasteiger partial charge in [0, 0.05) is 16.7 Å². The zero-order valence-corrected chi connectivity index (χ0v) is 16.6. The Kier molecular flexibility index (Phi) is 8.10. The normalized spacial score (nSPS) is 14.8. The van der Waals surface area contributed by atoms with E-state index in [-0.39, 0.29) is 22.0 Å². The van der Waals surface area contributed by atoms with Crippen molar-refractivity contribution in [1.29, 1.82) is 0 Å². The van der Waals surface area contributed by atoms with Crippen LogP contribution >= 0.6 is 11.8 Å². The van der Waals surface area contributed by atoms with Gasteiger partial charge in [-0.15, -0.1) is 11.8 Å². The predicted molar refractivity (Wildman–Crippen MR) is 101 cm³/mol. The number of thioether (sulfide) groups is 1. The lowest BCUT2D eigenvalue weighted by atomic mass is 10.1. The summed E-state index contributed by atoms with van der Waals surface area (Å²) in [5.74, 6) is 0.491. The molecule has 0 unspecified atom stereocenters. The van der Waals surface area contributed by atoms with Crippen molar-refractivity contribution in [3.05, 3.63) is 59.1 Å². The quantitative estimate of drug-likeness (QED) is 0.214. The monoisotopic (exact) mass is 422 g/mol. The molecule has 0 aliphatic heterocycles. The second kappa shape index (κ2) is 9.45.